The Morgan fingerprint density at radius 3 is 1.45 bits per heavy atom. The molecule has 0 amide bonds. The van der Waals surface area contributed by atoms with Crippen molar-refractivity contribution in [3.8, 4) is 0 Å². The van der Waals surface area contributed by atoms with Crippen molar-refractivity contribution >= 4 is 13.8 Å². The second-order valence-corrected chi connectivity index (χ2v) is 16.7. The molecule has 0 rings (SSSR count). The zero-order chi connectivity index (χ0) is 42.3. The maximum absolute atomic E-state index is 12.6. The third-order valence-electron chi connectivity index (χ3n) is 9.61. The summed E-state index contributed by atoms with van der Waals surface area (Å²) in [6.45, 7) is 4.76. The highest BCUT2D eigenvalue weighted by Gasteiger charge is 2.25. The average Bonchev–Trinajstić information content (AvgIpc) is 3.21. The number of esters is 1. The first kappa shape index (κ1) is 55.9. The number of phosphoric acid groups is 1. The van der Waals surface area contributed by atoms with E-state index in [0.717, 1.165) is 70.6 Å². The smallest absolute Gasteiger partial charge is 0.457 e. The van der Waals surface area contributed by atoms with E-state index in [0.29, 0.717) is 13.0 Å². The van der Waals surface area contributed by atoms with Crippen LogP contribution in [0.2, 0.25) is 0 Å². The van der Waals surface area contributed by atoms with Crippen LogP contribution in [0.15, 0.2) is 72.9 Å². The fourth-order valence-electron chi connectivity index (χ4n) is 6.19. The fraction of sp³-hybridized carbons (Fsp3) is 0.735. The number of phosphoric ester groups is 1. The first-order chi connectivity index (χ1) is 28.4. The molecule has 3 N–H and O–H groups in total. The predicted octanol–water partition coefficient (Wildman–Crippen LogP) is 14.3. The Morgan fingerprint density at radius 1 is 0.534 bits per heavy atom. The van der Waals surface area contributed by atoms with E-state index < -0.39 is 13.9 Å². The second kappa shape index (κ2) is 46.0. The fourth-order valence-corrected chi connectivity index (χ4v) is 6.96. The number of nitrogens with two attached hydrogens (primary N) is 1. The van der Waals surface area contributed by atoms with Gasteiger partial charge in [-0.3, -0.25) is 13.8 Å². The Kier molecular flexibility index (Phi) is 44.4. The maximum Gasteiger partial charge on any atom is 0.472 e. The van der Waals surface area contributed by atoms with Gasteiger partial charge in [-0.25, -0.2) is 4.57 Å². The van der Waals surface area contributed by atoms with Crippen molar-refractivity contribution in [3.63, 3.8) is 0 Å². The highest BCUT2D eigenvalue weighted by molar-refractivity contribution is 7.47. The van der Waals surface area contributed by atoms with Crippen molar-refractivity contribution < 1.29 is 32.8 Å². The van der Waals surface area contributed by atoms with E-state index in [1.165, 1.54) is 103 Å². The van der Waals surface area contributed by atoms with Gasteiger partial charge in [0.25, 0.3) is 0 Å². The molecule has 0 aliphatic heterocycles. The van der Waals surface area contributed by atoms with Crippen molar-refractivity contribution in [2.24, 2.45) is 5.73 Å². The number of carbonyl (C=O) groups is 1. The Balaban J connectivity index is 4.02. The molecular weight excluding hydrogens is 746 g/mol. The van der Waals surface area contributed by atoms with Crippen LogP contribution < -0.4 is 5.73 Å². The summed E-state index contributed by atoms with van der Waals surface area (Å²) in [7, 11) is -4.29. The lowest BCUT2D eigenvalue weighted by Gasteiger charge is -2.20. The molecule has 0 aliphatic rings. The molecule has 0 saturated carbocycles. The minimum absolute atomic E-state index is 0.0946. The van der Waals surface area contributed by atoms with Gasteiger partial charge in [-0.15, -0.1) is 0 Å². The molecule has 0 saturated heterocycles. The van der Waals surface area contributed by atoms with Crippen LogP contribution >= 0.6 is 7.82 Å². The Hall–Kier alpha value is -2.06. The predicted molar refractivity (Wildman–Crippen MR) is 247 cm³/mol. The van der Waals surface area contributed by atoms with Crippen LogP contribution in [0.3, 0.4) is 0 Å². The largest absolute Gasteiger partial charge is 0.472 e. The molecule has 2 atom stereocenters. The summed E-state index contributed by atoms with van der Waals surface area (Å²) in [5, 5.41) is 0. The number of rotatable bonds is 44. The quantitative estimate of drug-likeness (QED) is 0.0270. The summed E-state index contributed by atoms with van der Waals surface area (Å²) in [5.41, 5.74) is 5.38. The molecule has 2 unspecified atom stereocenters. The van der Waals surface area contributed by atoms with Gasteiger partial charge in [0.2, 0.25) is 0 Å². The molecule has 0 aliphatic carbocycles. The molecule has 9 heteroatoms. The van der Waals surface area contributed by atoms with E-state index in [9.17, 15) is 14.3 Å². The summed E-state index contributed by atoms with van der Waals surface area (Å²) < 4.78 is 33.5. The van der Waals surface area contributed by atoms with Gasteiger partial charge in [0.1, 0.15) is 6.10 Å². The van der Waals surface area contributed by atoms with Crippen LogP contribution in [-0.4, -0.2) is 49.9 Å². The Labute approximate surface area is 356 Å². The summed E-state index contributed by atoms with van der Waals surface area (Å²) in [6, 6.07) is 0. The number of carbonyl (C=O) groups excluding carboxylic acids is 1. The van der Waals surface area contributed by atoms with E-state index in [-0.39, 0.29) is 32.3 Å². The van der Waals surface area contributed by atoms with Crippen molar-refractivity contribution in [2.45, 2.75) is 200 Å². The third-order valence-corrected chi connectivity index (χ3v) is 10.6. The molecule has 58 heavy (non-hydrogen) atoms. The Bertz CT molecular complexity index is 1120. The number of ether oxygens (including phenoxy) is 2. The molecule has 0 heterocycles. The molecule has 0 radical (unpaired) electrons. The van der Waals surface area contributed by atoms with Crippen LogP contribution in [0.4, 0.5) is 0 Å². The monoisotopic (exact) mass is 834 g/mol. The van der Waals surface area contributed by atoms with Gasteiger partial charge < -0.3 is 20.1 Å². The lowest BCUT2D eigenvalue weighted by Crippen LogP contribution is -2.28. The summed E-state index contributed by atoms with van der Waals surface area (Å²) in [4.78, 5) is 22.5. The summed E-state index contributed by atoms with van der Waals surface area (Å²) in [5.74, 6) is -0.342. The number of hydrogen-bond acceptors (Lipinski definition) is 7. The second-order valence-electron chi connectivity index (χ2n) is 15.2. The maximum atomic E-state index is 12.6. The van der Waals surface area contributed by atoms with Crippen molar-refractivity contribution in [2.75, 3.05) is 33.0 Å². The summed E-state index contributed by atoms with van der Waals surface area (Å²) >= 11 is 0. The molecular formula is C49H88NO7P. The number of hydrogen-bond donors (Lipinski definition) is 2. The number of unbranched alkanes of at least 4 members (excludes halogenated alkanes) is 19. The van der Waals surface area contributed by atoms with Crippen LogP contribution in [0, 0.1) is 0 Å². The van der Waals surface area contributed by atoms with Crippen molar-refractivity contribution in [3.05, 3.63) is 72.9 Å². The SMILES string of the molecule is CC/C=C\C/C=C\C/C=C\C/C=C\CCCCCCCCCCCOCC(COP(=O)(O)OCCN)OC(=O)CCCCCCCCC/C=C\C/C=C\CCCCC. The van der Waals surface area contributed by atoms with Gasteiger partial charge in [0.05, 0.1) is 19.8 Å². The third kappa shape index (κ3) is 45.0. The van der Waals surface area contributed by atoms with Crippen LogP contribution in [0.25, 0.3) is 0 Å². The molecule has 0 aromatic heterocycles. The molecule has 0 spiro atoms. The van der Waals surface area contributed by atoms with Gasteiger partial charge in [-0.1, -0.05) is 177 Å². The first-order valence-electron chi connectivity index (χ1n) is 23.4. The highest BCUT2D eigenvalue weighted by Crippen LogP contribution is 2.43. The van der Waals surface area contributed by atoms with Crippen LogP contribution in [0.5, 0.6) is 0 Å². The van der Waals surface area contributed by atoms with Gasteiger partial charge in [0.15, 0.2) is 0 Å². The molecule has 0 aromatic rings. The topological polar surface area (TPSA) is 117 Å². The average molecular weight is 834 g/mol. The molecule has 0 bridgehead atoms. The van der Waals surface area contributed by atoms with Gasteiger partial charge in [0, 0.05) is 19.6 Å². The molecule has 336 valence electrons. The first-order valence-corrected chi connectivity index (χ1v) is 24.9. The van der Waals surface area contributed by atoms with Crippen molar-refractivity contribution in [1.82, 2.24) is 0 Å². The standard InChI is InChI=1S/C49H88NO7P/c1-3-5-7-9-11-13-15-17-19-21-22-23-24-25-27-29-31-33-35-37-39-41-44-54-46-48(47-56-58(52,53)55-45-43-50)57-49(51)42-40-38-36-34-32-30-28-26-20-18-16-14-12-10-8-6-4-2/h5,7,11-14,17-20,22-23,48H,3-4,6,8-10,15-16,21,24-47,50H2,1-2H3,(H,52,53)/b7-5-,13-11-,14-12-,19-17-,20-18-,23-22-. The Morgan fingerprint density at radius 2 is 0.966 bits per heavy atom. The minimum Gasteiger partial charge on any atom is -0.457 e. The van der Waals surface area contributed by atoms with Gasteiger partial charge in [-0.05, 0) is 83.5 Å². The normalized spacial score (nSPS) is 14.1. The van der Waals surface area contributed by atoms with E-state index >= 15 is 0 Å². The molecule has 0 aromatic carbocycles. The highest BCUT2D eigenvalue weighted by atomic mass is 31.2. The zero-order valence-electron chi connectivity index (χ0n) is 37.3. The summed E-state index contributed by atoms with van der Waals surface area (Å²) in [6.07, 6.45) is 57.8. The van der Waals surface area contributed by atoms with E-state index in [1.807, 2.05) is 0 Å². The van der Waals surface area contributed by atoms with Gasteiger partial charge >= 0.3 is 13.8 Å². The van der Waals surface area contributed by atoms with E-state index in [2.05, 4.69) is 86.8 Å². The van der Waals surface area contributed by atoms with Crippen molar-refractivity contribution in [1.29, 1.82) is 0 Å². The van der Waals surface area contributed by atoms with Crippen LogP contribution in [0.1, 0.15) is 194 Å². The zero-order valence-corrected chi connectivity index (χ0v) is 38.2. The lowest BCUT2D eigenvalue weighted by atomic mass is 10.1. The van der Waals surface area contributed by atoms with E-state index in [1.54, 1.807) is 0 Å². The van der Waals surface area contributed by atoms with Crippen LogP contribution in [-0.2, 0) is 27.9 Å². The molecule has 0 fully saturated rings. The minimum atomic E-state index is -4.29. The molecule has 8 nitrogen and oxygen atoms in total. The van der Waals surface area contributed by atoms with Gasteiger partial charge in [-0.2, -0.15) is 0 Å². The van der Waals surface area contributed by atoms with E-state index in [4.69, 9.17) is 24.3 Å². The lowest BCUT2D eigenvalue weighted by molar-refractivity contribution is -0.154. The number of allylic oxidation sites excluding steroid dienone is 12.